The molecule has 180 valence electrons. The molecule has 1 saturated heterocycles. The number of ether oxygens (including phenoxy) is 2. The molecule has 3 aromatic carbocycles. The minimum Gasteiger partial charge on any atom is -0.493 e. The van der Waals surface area contributed by atoms with Gasteiger partial charge in [0.05, 0.1) is 22.7 Å². The second kappa shape index (κ2) is 11.2. The molecule has 5 nitrogen and oxygen atoms in total. The van der Waals surface area contributed by atoms with Crippen LogP contribution in [0, 0.1) is 5.82 Å². The summed E-state index contributed by atoms with van der Waals surface area (Å²) in [5.41, 5.74) is 1.80. The molecule has 0 bridgehead atoms. The molecule has 0 N–H and O–H groups in total. The van der Waals surface area contributed by atoms with Crippen LogP contribution in [0.15, 0.2) is 73.4 Å². The van der Waals surface area contributed by atoms with Crippen molar-refractivity contribution >= 4 is 78.1 Å². The number of amides is 1. The van der Waals surface area contributed by atoms with Gasteiger partial charge in [-0.05, 0) is 75.7 Å². The predicted molar refractivity (Wildman–Crippen MR) is 146 cm³/mol. The van der Waals surface area contributed by atoms with Crippen molar-refractivity contribution in [3.63, 3.8) is 0 Å². The predicted octanol–water partition coefficient (Wildman–Crippen LogP) is 7.83. The third kappa shape index (κ3) is 5.91. The lowest BCUT2D eigenvalue weighted by molar-refractivity contribution is -0.121. The van der Waals surface area contributed by atoms with Crippen LogP contribution in [-0.4, -0.2) is 30.1 Å². The normalized spacial score (nSPS) is 15.8. The highest BCUT2D eigenvalue weighted by molar-refractivity contribution is 9.10. The van der Waals surface area contributed by atoms with Crippen LogP contribution >= 0.6 is 55.2 Å². The highest BCUT2D eigenvalue weighted by Crippen LogP contribution is 2.39. The minimum absolute atomic E-state index is 0.0505. The number of thioether (sulfide) groups is 1. The summed E-state index contributed by atoms with van der Waals surface area (Å²) >= 11 is 14.3. The summed E-state index contributed by atoms with van der Waals surface area (Å²) in [5, 5.41) is 1.07. The average molecular weight is 641 g/mol. The Labute approximate surface area is 228 Å². The van der Waals surface area contributed by atoms with Gasteiger partial charge >= 0.3 is 0 Å². The van der Waals surface area contributed by atoms with Crippen LogP contribution in [0.1, 0.15) is 11.1 Å². The fourth-order valence-electron chi connectivity index (χ4n) is 3.16. The monoisotopic (exact) mass is 638 g/mol. The number of halogens is 4. The van der Waals surface area contributed by atoms with E-state index in [0.717, 1.165) is 10.0 Å². The number of benzene rings is 3. The molecule has 35 heavy (non-hydrogen) atoms. The molecule has 0 unspecified atom stereocenters. The smallest absolute Gasteiger partial charge is 0.266 e. The van der Waals surface area contributed by atoms with Gasteiger partial charge in [-0.1, -0.05) is 45.7 Å². The number of aliphatic imine (C=N–C) groups is 1. The second-order valence-electron chi connectivity index (χ2n) is 7.37. The summed E-state index contributed by atoms with van der Waals surface area (Å²) in [4.78, 5) is 19.4. The molecule has 0 saturated carbocycles. The van der Waals surface area contributed by atoms with Crippen molar-refractivity contribution in [2.24, 2.45) is 4.99 Å². The van der Waals surface area contributed by atoms with E-state index in [1.54, 1.807) is 55.6 Å². The van der Waals surface area contributed by atoms with Crippen molar-refractivity contribution in [2.45, 2.75) is 6.61 Å². The molecule has 4 rings (SSSR count). The van der Waals surface area contributed by atoms with E-state index >= 15 is 0 Å². The average Bonchev–Trinajstić information content (AvgIpc) is 3.10. The molecule has 0 aliphatic carbocycles. The first-order valence-corrected chi connectivity index (χ1v) is 13.0. The Balaban J connectivity index is 1.58. The number of hydrogen-bond acceptors (Lipinski definition) is 5. The third-order valence-corrected chi connectivity index (χ3v) is 8.02. The molecule has 1 fully saturated rings. The van der Waals surface area contributed by atoms with Gasteiger partial charge in [-0.2, -0.15) is 0 Å². The number of nitrogens with zero attached hydrogens (tertiary/aromatic N) is 2. The second-order valence-corrected chi connectivity index (χ2v) is 10.5. The van der Waals surface area contributed by atoms with E-state index in [2.05, 4.69) is 36.9 Å². The number of hydrogen-bond donors (Lipinski definition) is 0. The Morgan fingerprint density at radius 3 is 2.60 bits per heavy atom. The van der Waals surface area contributed by atoms with Crippen molar-refractivity contribution in [1.29, 1.82) is 0 Å². The van der Waals surface area contributed by atoms with Gasteiger partial charge in [0.15, 0.2) is 16.7 Å². The Morgan fingerprint density at radius 1 is 1.11 bits per heavy atom. The van der Waals surface area contributed by atoms with Gasteiger partial charge in [0, 0.05) is 21.6 Å². The quantitative estimate of drug-likeness (QED) is 0.258. The van der Waals surface area contributed by atoms with Gasteiger partial charge in [0.2, 0.25) is 0 Å². The molecule has 1 aliphatic heterocycles. The third-order valence-electron chi connectivity index (χ3n) is 5.04. The molecular weight excluding hydrogens is 623 g/mol. The lowest BCUT2D eigenvalue weighted by Crippen LogP contribution is -2.23. The zero-order valence-corrected chi connectivity index (χ0v) is 23.3. The van der Waals surface area contributed by atoms with Crippen LogP contribution in [-0.2, 0) is 11.4 Å². The standard InChI is InChI=1S/C25H18Br2ClFN2O3S/c1-31-24(32)23(35-25(31)30-16-7-8-17(26)19(28)11-16)10-15-9-21(33-2)22(12-18(15)27)34-13-14-5-3-4-6-20(14)29/h3-12H,13H2,1-2H3/b23-10+,30-25?. The topological polar surface area (TPSA) is 51.1 Å². The van der Waals surface area contributed by atoms with Crippen LogP contribution in [0.25, 0.3) is 6.08 Å². The molecule has 1 aliphatic rings. The lowest BCUT2D eigenvalue weighted by atomic mass is 10.1. The van der Waals surface area contributed by atoms with E-state index in [0.29, 0.717) is 42.3 Å². The largest absolute Gasteiger partial charge is 0.493 e. The SMILES string of the molecule is COc1cc(/C=C2/SC(=Nc3ccc(Br)c(Cl)c3)N(C)C2=O)c(Br)cc1OCc1ccccc1F. The van der Waals surface area contributed by atoms with Crippen LogP contribution in [0.4, 0.5) is 10.1 Å². The fourth-order valence-corrected chi connectivity index (χ4v) is 5.00. The van der Waals surface area contributed by atoms with E-state index in [1.807, 2.05) is 6.07 Å². The Morgan fingerprint density at radius 2 is 1.89 bits per heavy atom. The van der Waals surface area contributed by atoms with Gasteiger partial charge < -0.3 is 9.47 Å². The zero-order valence-electron chi connectivity index (χ0n) is 18.5. The first kappa shape index (κ1) is 25.8. The number of likely N-dealkylation sites (N-methyl/N-ethyl adjacent to an activating group) is 1. The van der Waals surface area contributed by atoms with Crippen molar-refractivity contribution in [1.82, 2.24) is 4.90 Å². The van der Waals surface area contributed by atoms with E-state index in [4.69, 9.17) is 21.1 Å². The molecule has 1 amide bonds. The fraction of sp³-hybridized carbons (Fsp3) is 0.120. The number of carbonyl (C=O) groups is 1. The highest BCUT2D eigenvalue weighted by Gasteiger charge is 2.30. The van der Waals surface area contributed by atoms with E-state index in [-0.39, 0.29) is 18.3 Å². The minimum atomic E-state index is -0.337. The number of methoxy groups -OCH3 is 1. The van der Waals surface area contributed by atoms with Crippen LogP contribution in [0.5, 0.6) is 11.5 Å². The number of rotatable bonds is 6. The summed E-state index contributed by atoms with van der Waals surface area (Å²) in [6, 6.07) is 15.3. The van der Waals surface area contributed by atoms with E-state index in [1.165, 1.54) is 29.8 Å². The van der Waals surface area contributed by atoms with Gasteiger partial charge in [-0.15, -0.1) is 0 Å². The number of carbonyl (C=O) groups excluding carboxylic acids is 1. The maximum atomic E-state index is 13.9. The Hall–Kier alpha value is -2.33. The Bertz CT molecular complexity index is 1370. The van der Waals surface area contributed by atoms with Crippen molar-refractivity contribution < 1.29 is 18.7 Å². The molecule has 0 spiro atoms. The maximum absolute atomic E-state index is 13.9. The summed E-state index contributed by atoms with van der Waals surface area (Å²) in [6.07, 6.45) is 1.76. The maximum Gasteiger partial charge on any atom is 0.266 e. The van der Waals surface area contributed by atoms with E-state index < -0.39 is 0 Å². The number of amidine groups is 1. The first-order valence-electron chi connectivity index (χ1n) is 10.2. The van der Waals surface area contributed by atoms with Crippen LogP contribution < -0.4 is 9.47 Å². The van der Waals surface area contributed by atoms with Crippen molar-refractivity contribution in [2.75, 3.05) is 14.2 Å². The van der Waals surface area contributed by atoms with Crippen LogP contribution in [0.2, 0.25) is 5.02 Å². The molecule has 0 atom stereocenters. The van der Waals surface area contributed by atoms with Crippen molar-refractivity contribution in [3.05, 3.63) is 90.4 Å². The van der Waals surface area contributed by atoms with Crippen LogP contribution in [0.3, 0.4) is 0 Å². The highest BCUT2D eigenvalue weighted by atomic mass is 79.9. The van der Waals surface area contributed by atoms with E-state index in [9.17, 15) is 9.18 Å². The summed E-state index contributed by atoms with van der Waals surface area (Å²) in [5.74, 6) is 0.388. The van der Waals surface area contributed by atoms with Crippen molar-refractivity contribution in [3.8, 4) is 11.5 Å². The Kier molecular flexibility index (Phi) is 8.21. The summed E-state index contributed by atoms with van der Waals surface area (Å²) in [6.45, 7) is 0.0505. The van der Waals surface area contributed by atoms with Gasteiger partial charge in [-0.25, -0.2) is 9.38 Å². The zero-order chi connectivity index (χ0) is 25.1. The molecule has 1 heterocycles. The molecule has 0 radical (unpaired) electrons. The lowest BCUT2D eigenvalue weighted by Gasteiger charge is -2.13. The first-order chi connectivity index (χ1) is 16.8. The van der Waals surface area contributed by atoms with Gasteiger partial charge in [0.1, 0.15) is 12.4 Å². The summed E-state index contributed by atoms with van der Waals surface area (Å²) in [7, 11) is 3.19. The molecule has 10 heteroatoms. The molecule has 0 aromatic heterocycles. The van der Waals surface area contributed by atoms with Gasteiger partial charge in [0.25, 0.3) is 5.91 Å². The summed E-state index contributed by atoms with van der Waals surface area (Å²) < 4.78 is 26.7. The van der Waals surface area contributed by atoms with Gasteiger partial charge in [-0.3, -0.25) is 9.69 Å². The molecular formula is C25H18Br2ClFN2O3S. The molecule has 3 aromatic rings.